The van der Waals surface area contributed by atoms with E-state index in [1.165, 1.54) is 0 Å². The molecule has 0 bridgehead atoms. The molecule has 0 unspecified atom stereocenters. The lowest BCUT2D eigenvalue weighted by Gasteiger charge is -2.18. The molecule has 0 aliphatic heterocycles. The Balaban J connectivity index is 2.11. The Kier molecular flexibility index (Phi) is 5.41. The minimum atomic E-state index is -0.487. The van der Waals surface area contributed by atoms with Gasteiger partial charge in [0.2, 0.25) is 5.91 Å². The SMILES string of the molecule is CC(C)(C)C(=O)Nc1cccc(C(=O)Nc2ccc(I)cc2)c1. The summed E-state index contributed by atoms with van der Waals surface area (Å²) in [4.78, 5) is 24.3. The molecule has 0 aliphatic carbocycles. The summed E-state index contributed by atoms with van der Waals surface area (Å²) in [6.07, 6.45) is 0. The second-order valence-electron chi connectivity index (χ2n) is 6.25. The highest BCUT2D eigenvalue weighted by Gasteiger charge is 2.21. The summed E-state index contributed by atoms with van der Waals surface area (Å²) < 4.78 is 1.10. The highest BCUT2D eigenvalue weighted by molar-refractivity contribution is 14.1. The Hall–Kier alpha value is -1.89. The molecular weight excluding hydrogens is 403 g/mol. The van der Waals surface area contributed by atoms with Gasteiger partial charge in [0.25, 0.3) is 5.91 Å². The first-order chi connectivity index (χ1) is 10.8. The maximum Gasteiger partial charge on any atom is 0.255 e. The van der Waals surface area contributed by atoms with Crippen molar-refractivity contribution in [1.29, 1.82) is 0 Å². The van der Waals surface area contributed by atoms with Crippen molar-refractivity contribution in [2.45, 2.75) is 20.8 Å². The number of rotatable bonds is 3. The molecule has 0 saturated heterocycles. The van der Waals surface area contributed by atoms with E-state index in [0.717, 1.165) is 9.26 Å². The van der Waals surface area contributed by atoms with Gasteiger partial charge in [-0.3, -0.25) is 9.59 Å². The van der Waals surface area contributed by atoms with Gasteiger partial charge in [-0.2, -0.15) is 0 Å². The van der Waals surface area contributed by atoms with E-state index in [1.54, 1.807) is 24.3 Å². The van der Waals surface area contributed by atoms with Gasteiger partial charge in [-0.15, -0.1) is 0 Å². The fourth-order valence-corrected chi connectivity index (χ4v) is 2.15. The van der Waals surface area contributed by atoms with Crippen LogP contribution >= 0.6 is 22.6 Å². The van der Waals surface area contributed by atoms with Gasteiger partial charge in [0.1, 0.15) is 0 Å². The lowest BCUT2D eigenvalue weighted by Crippen LogP contribution is -2.27. The van der Waals surface area contributed by atoms with Crippen LogP contribution in [-0.4, -0.2) is 11.8 Å². The molecule has 0 spiro atoms. The highest BCUT2D eigenvalue weighted by Crippen LogP contribution is 2.19. The summed E-state index contributed by atoms with van der Waals surface area (Å²) in [6, 6.07) is 14.5. The van der Waals surface area contributed by atoms with Gasteiger partial charge >= 0.3 is 0 Å². The summed E-state index contributed by atoms with van der Waals surface area (Å²) in [5.74, 6) is -0.300. The predicted molar refractivity (Wildman–Crippen MR) is 102 cm³/mol. The number of halogens is 1. The third-order valence-electron chi connectivity index (χ3n) is 3.17. The summed E-state index contributed by atoms with van der Waals surface area (Å²) in [7, 11) is 0. The van der Waals surface area contributed by atoms with Crippen LogP contribution in [0.5, 0.6) is 0 Å². The number of carbonyl (C=O) groups is 2. The van der Waals surface area contributed by atoms with Crippen LogP contribution in [0, 0.1) is 8.99 Å². The van der Waals surface area contributed by atoms with Crippen LogP contribution in [0.4, 0.5) is 11.4 Å². The second-order valence-corrected chi connectivity index (χ2v) is 7.49. The molecule has 23 heavy (non-hydrogen) atoms. The number of hydrogen-bond donors (Lipinski definition) is 2. The van der Waals surface area contributed by atoms with Gasteiger partial charge in [-0.05, 0) is 65.1 Å². The summed E-state index contributed by atoms with van der Waals surface area (Å²) in [5.41, 5.74) is 1.36. The fraction of sp³-hybridized carbons (Fsp3) is 0.222. The molecule has 0 radical (unpaired) electrons. The quantitative estimate of drug-likeness (QED) is 0.715. The van der Waals surface area contributed by atoms with Crippen molar-refractivity contribution >= 4 is 45.8 Å². The van der Waals surface area contributed by atoms with Crippen LogP contribution in [0.2, 0.25) is 0 Å². The molecule has 2 aromatic rings. The van der Waals surface area contributed by atoms with Crippen LogP contribution in [-0.2, 0) is 4.79 Å². The molecule has 4 nitrogen and oxygen atoms in total. The number of anilines is 2. The number of benzene rings is 2. The van der Waals surface area contributed by atoms with E-state index in [1.807, 2.05) is 45.0 Å². The van der Waals surface area contributed by atoms with E-state index in [4.69, 9.17) is 0 Å². The van der Waals surface area contributed by atoms with Gasteiger partial charge < -0.3 is 10.6 Å². The first-order valence-corrected chi connectivity index (χ1v) is 8.32. The van der Waals surface area contributed by atoms with Crippen molar-refractivity contribution in [3.05, 3.63) is 57.7 Å². The zero-order chi connectivity index (χ0) is 17.0. The third-order valence-corrected chi connectivity index (χ3v) is 3.89. The van der Waals surface area contributed by atoms with Crippen molar-refractivity contribution in [3.8, 4) is 0 Å². The molecular formula is C18H19IN2O2. The van der Waals surface area contributed by atoms with Crippen LogP contribution < -0.4 is 10.6 Å². The number of nitrogens with one attached hydrogen (secondary N) is 2. The van der Waals surface area contributed by atoms with Gasteiger partial charge in [0.05, 0.1) is 0 Å². The first-order valence-electron chi connectivity index (χ1n) is 7.24. The molecule has 2 amide bonds. The molecule has 0 atom stereocenters. The van der Waals surface area contributed by atoms with Crippen LogP contribution in [0.1, 0.15) is 31.1 Å². The average molecular weight is 422 g/mol. The van der Waals surface area contributed by atoms with E-state index in [0.29, 0.717) is 11.3 Å². The maximum absolute atomic E-state index is 12.3. The van der Waals surface area contributed by atoms with E-state index < -0.39 is 5.41 Å². The Morgan fingerprint density at radius 2 is 1.57 bits per heavy atom. The Morgan fingerprint density at radius 1 is 0.913 bits per heavy atom. The average Bonchev–Trinajstić information content (AvgIpc) is 2.49. The largest absolute Gasteiger partial charge is 0.326 e. The normalized spacial score (nSPS) is 11.0. The monoisotopic (exact) mass is 422 g/mol. The van der Waals surface area contributed by atoms with Crippen molar-refractivity contribution in [2.75, 3.05) is 10.6 Å². The molecule has 0 aliphatic rings. The van der Waals surface area contributed by atoms with E-state index in [2.05, 4.69) is 33.2 Å². The maximum atomic E-state index is 12.3. The topological polar surface area (TPSA) is 58.2 Å². The van der Waals surface area contributed by atoms with Crippen LogP contribution in [0.15, 0.2) is 48.5 Å². The summed E-state index contributed by atoms with van der Waals surface area (Å²) >= 11 is 2.21. The van der Waals surface area contributed by atoms with E-state index in [9.17, 15) is 9.59 Å². The van der Waals surface area contributed by atoms with Crippen LogP contribution in [0.3, 0.4) is 0 Å². The fourth-order valence-electron chi connectivity index (χ4n) is 1.79. The Morgan fingerprint density at radius 3 is 2.17 bits per heavy atom. The number of amides is 2. The summed E-state index contributed by atoms with van der Waals surface area (Å²) in [6.45, 7) is 5.53. The van der Waals surface area contributed by atoms with Crippen molar-refractivity contribution in [2.24, 2.45) is 5.41 Å². The zero-order valence-corrected chi connectivity index (χ0v) is 15.5. The van der Waals surface area contributed by atoms with Gasteiger partial charge in [0, 0.05) is 25.9 Å². The lowest BCUT2D eigenvalue weighted by molar-refractivity contribution is -0.123. The Labute approximate surface area is 149 Å². The Bertz CT molecular complexity index is 719. The molecule has 0 aromatic heterocycles. The van der Waals surface area contributed by atoms with E-state index >= 15 is 0 Å². The van der Waals surface area contributed by atoms with Gasteiger partial charge in [-0.1, -0.05) is 26.8 Å². The molecule has 5 heteroatoms. The second kappa shape index (κ2) is 7.12. The zero-order valence-electron chi connectivity index (χ0n) is 13.3. The number of carbonyl (C=O) groups excluding carboxylic acids is 2. The highest BCUT2D eigenvalue weighted by atomic mass is 127. The smallest absolute Gasteiger partial charge is 0.255 e. The molecule has 0 heterocycles. The predicted octanol–water partition coefficient (Wildman–Crippen LogP) is 4.53. The van der Waals surface area contributed by atoms with Crippen LogP contribution in [0.25, 0.3) is 0 Å². The van der Waals surface area contributed by atoms with E-state index in [-0.39, 0.29) is 11.8 Å². The molecule has 2 rings (SSSR count). The molecule has 0 fully saturated rings. The molecule has 0 saturated carbocycles. The number of hydrogen-bond acceptors (Lipinski definition) is 2. The molecule has 120 valence electrons. The van der Waals surface area contributed by atoms with Crippen molar-refractivity contribution < 1.29 is 9.59 Å². The molecule has 2 aromatic carbocycles. The lowest BCUT2D eigenvalue weighted by atomic mass is 9.95. The minimum Gasteiger partial charge on any atom is -0.326 e. The molecule has 2 N–H and O–H groups in total. The third kappa shape index (κ3) is 5.06. The summed E-state index contributed by atoms with van der Waals surface area (Å²) in [5, 5.41) is 5.67. The van der Waals surface area contributed by atoms with Crippen molar-refractivity contribution in [1.82, 2.24) is 0 Å². The van der Waals surface area contributed by atoms with Gasteiger partial charge in [0.15, 0.2) is 0 Å². The van der Waals surface area contributed by atoms with Crippen molar-refractivity contribution in [3.63, 3.8) is 0 Å². The van der Waals surface area contributed by atoms with Gasteiger partial charge in [-0.25, -0.2) is 0 Å². The standard InChI is InChI=1S/C18H19IN2O2/c1-18(2,3)17(23)21-15-6-4-5-12(11-15)16(22)20-14-9-7-13(19)8-10-14/h4-11H,1-3H3,(H,20,22)(H,21,23). The minimum absolute atomic E-state index is 0.0901. The first kappa shape index (κ1) is 17.5.